The third-order valence-corrected chi connectivity index (χ3v) is 5.79. The number of hydrogen-bond donors (Lipinski definition) is 1. The van der Waals surface area contributed by atoms with Crippen LogP contribution in [0.2, 0.25) is 0 Å². The Labute approximate surface area is 172 Å². The van der Waals surface area contributed by atoms with E-state index in [-0.39, 0.29) is 0 Å². The SMILES string of the molecule is CCCCCCCCCCCCCCCCn1c(C(C)O)nc2ccccc21. The van der Waals surface area contributed by atoms with Crippen molar-refractivity contribution in [2.45, 2.75) is 116 Å². The van der Waals surface area contributed by atoms with Gasteiger partial charge in [-0.2, -0.15) is 0 Å². The van der Waals surface area contributed by atoms with Gasteiger partial charge in [0.25, 0.3) is 0 Å². The Hall–Kier alpha value is -1.35. The number of fused-ring (bicyclic) bond motifs is 1. The lowest BCUT2D eigenvalue weighted by Gasteiger charge is -2.11. The van der Waals surface area contributed by atoms with Gasteiger partial charge in [0.05, 0.1) is 11.0 Å². The van der Waals surface area contributed by atoms with Crippen LogP contribution in [-0.2, 0) is 6.54 Å². The summed E-state index contributed by atoms with van der Waals surface area (Å²) in [5, 5.41) is 10.0. The molecule has 0 amide bonds. The van der Waals surface area contributed by atoms with E-state index in [1.807, 2.05) is 19.1 Å². The van der Waals surface area contributed by atoms with Crippen LogP contribution >= 0.6 is 0 Å². The van der Waals surface area contributed by atoms with Gasteiger partial charge in [0.15, 0.2) is 0 Å². The summed E-state index contributed by atoms with van der Waals surface area (Å²) in [5.41, 5.74) is 2.14. The summed E-state index contributed by atoms with van der Waals surface area (Å²) in [6.45, 7) is 5.05. The molecule has 0 saturated heterocycles. The maximum absolute atomic E-state index is 10.0. The molecule has 1 unspecified atom stereocenters. The van der Waals surface area contributed by atoms with E-state index in [0.29, 0.717) is 0 Å². The number of aryl methyl sites for hydroxylation is 1. The predicted octanol–water partition coefficient (Wildman–Crippen LogP) is 7.57. The number of benzene rings is 1. The summed E-state index contributed by atoms with van der Waals surface area (Å²) in [6, 6.07) is 8.20. The Morgan fingerprint density at radius 2 is 1.29 bits per heavy atom. The molecule has 2 rings (SSSR count). The number of aromatic nitrogens is 2. The Kier molecular flexibility index (Phi) is 11.3. The van der Waals surface area contributed by atoms with Crippen molar-refractivity contribution in [2.24, 2.45) is 0 Å². The molecule has 1 aromatic heterocycles. The molecule has 0 fully saturated rings. The van der Waals surface area contributed by atoms with E-state index in [1.165, 1.54) is 83.5 Å². The fourth-order valence-corrected chi connectivity index (χ4v) is 4.11. The quantitative estimate of drug-likeness (QED) is 0.302. The van der Waals surface area contributed by atoms with Gasteiger partial charge < -0.3 is 9.67 Å². The smallest absolute Gasteiger partial charge is 0.138 e. The van der Waals surface area contributed by atoms with Gasteiger partial charge >= 0.3 is 0 Å². The first-order valence-corrected chi connectivity index (χ1v) is 11.9. The molecule has 158 valence electrons. The zero-order valence-corrected chi connectivity index (χ0v) is 18.3. The van der Waals surface area contributed by atoms with Crippen LogP contribution in [0.3, 0.4) is 0 Å². The summed E-state index contributed by atoms with van der Waals surface area (Å²) < 4.78 is 2.21. The fourth-order valence-electron chi connectivity index (χ4n) is 4.11. The summed E-state index contributed by atoms with van der Waals surface area (Å²) in [7, 11) is 0. The van der Waals surface area contributed by atoms with Gasteiger partial charge in [0.1, 0.15) is 11.9 Å². The van der Waals surface area contributed by atoms with Gasteiger partial charge in [-0.15, -0.1) is 0 Å². The van der Waals surface area contributed by atoms with Gasteiger partial charge in [-0.1, -0.05) is 103 Å². The first-order chi connectivity index (χ1) is 13.7. The molecule has 2 aromatic rings. The minimum Gasteiger partial charge on any atom is -0.385 e. The van der Waals surface area contributed by atoms with Crippen molar-refractivity contribution in [1.29, 1.82) is 0 Å². The monoisotopic (exact) mass is 386 g/mol. The molecule has 28 heavy (non-hydrogen) atoms. The third kappa shape index (κ3) is 7.95. The van der Waals surface area contributed by atoms with Crippen LogP contribution < -0.4 is 0 Å². The second kappa shape index (κ2) is 13.8. The van der Waals surface area contributed by atoms with Gasteiger partial charge in [-0.25, -0.2) is 4.98 Å². The van der Waals surface area contributed by atoms with E-state index in [0.717, 1.165) is 29.8 Å². The Morgan fingerprint density at radius 3 is 1.82 bits per heavy atom. The molecule has 3 heteroatoms. The van der Waals surface area contributed by atoms with Crippen LogP contribution in [0, 0.1) is 0 Å². The van der Waals surface area contributed by atoms with Gasteiger partial charge in [-0.05, 0) is 25.5 Å². The molecule has 1 N–H and O–H groups in total. The fraction of sp³-hybridized carbons (Fsp3) is 0.720. The number of unbranched alkanes of at least 4 members (excludes halogenated alkanes) is 13. The molecule has 0 aliphatic carbocycles. The van der Waals surface area contributed by atoms with Crippen LogP contribution in [0.15, 0.2) is 24.3 Å². The van der Waals surface area contributed by atoms with Crippen molar-refractivity contribution >= 4 is 11.0 Å². The number of para-hydroxylation sites is 2. The van der Waals surface area contributed by atoms with E-state index < -0.39 is 6.10 Å². The molecular formula is C25H42N2O. The number of rotatable bonds is 16. The summed E-state index contributed by atoms with van der Waals surface area (Å²) in [5.74, 6) is 0.802. The highest BCUT2D eigenvalue weighted by Crippen LogP contribution is 2.22. The Balaban J connectivity index is 1.52. The predicted molar refractivity (Wildman–Crippen MR) is 121 cm³/mol. The van der Waals surface area contributed by atoms with E-state index in [4.69, 9.17) is 0 Å². The molecular weight excluding hydrogens is 344 g/mol. The maximum Gasteiger partial charge on any atom is 0.138 e. The van der Waals surface area contributed by atoms with Crippen molar-refractivity contribution < 1.29 is 5.11 Å². The van der Waals surface area contributed by atoms with E-state index >= 15 is 0 Å². The molecule has 1 aromatic carbocycles. The molecule has 0 spiro atoms. The van der Waals surface area contributed by atoms with Crippen LogP contribution in [0.25, 0.3) is 11.0 Å². The number of nitrogens with zero attached hydrogens (tertiary/aromatic N) is 2. The molecule has 1 atom stereocenters. The average Bonchev–Trinajstić information content (AvgIpc) is 3.07. The number of aliphatic hydroxyl groups excluding tert-OH is 1. The largest absolute Gasteiger partial charge is 0.385 e. The number of hydrogen-bond acceptors (Lipinski definition) is 2. The molecule has 0 aliphatic rings. The average molecular weight is 387 g/mol. The topological polar surface area (TPSA) is 38.0 Å². The van der Waals surface area contributed by atoms with E-state index in [9.17, 15) is 5.11 Å². The van der Waals surface area contributed by atoms with E-state index in [1.54, 1.807) is 0 Å². The first-order valence-electron chi connectivity index (χ1n) is 11.9. The van der Waals surface area contributed by atoms with Crippen molar-refractivity contribution in [3.63, 3.8) is 0 Å². The molecule has 0 saturated carbocycles. The van der Waals surface area contributed by atoms with Crippen molar-refractivity contribution in [3.8, 4) is 0 Å². The minimum atomic E-state index is -0.515. The lowest BCUT2D eigenvalue weighted by molar-refractivity contribution is 0.184. The molecule has 0 bridgehead atoms. The van der Waals surface area contributed by atoms with Crippen molar-refractivity contribution in [2.75, 3.05) is 0 Å². The summed E-state index contributed by atoms with van der Waals surface area (Å²) >= 11 is 0. The van der Waals surface area contributed by atoms with Crippen LogP contribution in [-0.4, -0.2) is 14.7 Å². The summed E-state index contributed by atoms with van der Waals surface area (Å²) in [6.07, 6.45) is 18.8. The lowest BCUT2D eigenvalue weighted by atomic mass is 10.0. The normalized spacial score (nSPS) is 12.7. The van der Waals surface area contributed by atoms with Crippen LogP contribution in [0.5, 0.6) is 0 Å². The van der Waals surface area contributed by atoms with Crippen molar-refractivity contribution in [1.82, 2.24) is 9.55 Å². The second-order valence-electron chi connectivity index (χ2n) is 8.38. The van der Waals surface area contributed by atoms with Gasteiger partial charge in [0.2, 0.25) is 0 Å². The number of aliphatic hydroxyl groups is 1. The maximum atomic E-state index is 10.0. The van der Waals surface area contributed by atoms with Crippen LogP contribution in [0.1, 0.15) is 116 Å². The van der Waals surface area contributed by atoms with Crippen molar-refractivity contribution in [3.05, 3.63) is 30.1 Å². The van der Waals surface area contributed by atoms with Crippen LogP contribution in [0.4, 0.5) is 0 Å². The zero-order valence-electron chi connectivity index (χ0n) is 18.3. The Morgan fingerprint density at radius 1 is 0.786 bits per heavy atom. The summed E-state index contributed by atoms with van der Waals surface area (Å²) in [4.78, 5) is 4.61. The van der Waals surface area contributed by atoms with Gasteiger partial charge in [0, 0.05) is 6.54 Å². The lowest BCUT2D eigenvalue weighted by Crippen LogP contribution is -2.07. The standard InChI is InChI=1S/C25H42N2O/c1-3-4-5-6-7-8-9-10-11-12-13-14-15-18-21-27-24-20-17-16-19-23(24)26-25(27)22(2)28/h16-17,19-20,22,28H,3-15,18,21H2,1-2H3. The van der Waals surface area contributed by atoms with Gasteiger partial charge in [-0.3, -0.25) is 0 Å². The minimum absolute atomic E-state index is 0.515. The zero-order chi connectivity index (χ0) is 20.0. The second-order valence-corrected chi connectivity index (χ2v) is 8.38. The third-order valence-electron chi connectivity index (χ3n) is 5.79. The highest BCUT2D eigenvalue weighted by atomic mass is 16.3. The highest BCUT2D eigenvalue weighted by Gasteiger charge is 2.13. The molecule has 1 heterocycles. The van der Waals surface area contributed by atoms with E-state index in [2.05, 4.69) is 28.6 Å². The molecule has 0 radical (unpaired) electrons. The Bertz CT molecular complexity index is 647. The highest BCUT2D eigenvalue weighted by molar-refractivity contribution is 5.75. The molecule has 0 aliphatic heterocycles. The first kappa shape index (κ1) is 22.9. The molecule has 3 nitrogen and oxygen atoms in total. The number of imidazole rings is 1.